The van der Waals surface area contributed by atoms with Crippen LogP contribution in [0.25, 0.3) is 22.3 Å². The lowest BCUT2D eigenvalue weighted by Gasteiger charge is -2.28. The van der Waals surface area contributed by atoms with Crippen LogP contribution in [0.15, 0.2) is 31.1 Å². The van der Waals surface area contributed by atoms with Crippen molar-refractivity contribution in [1.29, 1.82) is 0 Å². The Balaban J connectivity index is 1.52. The number of benzene rings is 1. The number of anilines is 2. The molecule has 3 aromatic heterocycles. The molecule has 4 N–H and O–H groups in total. The van der Waals surface area contributed by atoms with Gasteiger partial charge in [-0.25, -0.2) is 24.9 Å². The van der Waals surface area contributed by atoms with Crippen molar-refractivity contribution in [2.75, 3.05) is 50.5 Å². The van der Waals surface area contributed by atoms with Crippen LogP contribution in [-0.4, -0.2) is 74.3 Å². The predicted molar refractivity (Wildman–Crippen MR) is 138 cm³/mol. The first-order valence-electron chi connectivity index (χ1n) is 11.8. The van der Waals surface area contributed by atoms with E-state index in [9.17, 15) is 0 Å². The maximum Gasteiger partial charge on any atom is 0.219 e. The Labute approximate surface area is 213 Å². The van der Waals surface area contributed by atoms with Gasteiger partial charge in [-0.1, -0.05) is 11.6 Å². The first-order chi connectivity index (χ1) is 17.5. The zero-order valence-corrected chi connectivity index (χ0v) is 20.9. The number of nitrogens with one attached hydrogen (secondary N) is 2. The molecule has 12 heteroatoms. The number of H-pyrrole nitrogens is 1. The SMILES string of the molecule is Cc1c(Cl)cc(C(C)Nc2ncnc3[nH]cnc23)c(OCCN2CCOCC2)c1-c1cnc(N)nc1. The summed E-state index contributed by atoms with van der Waals surface area (Å²) in [5.41, 5.74) is 10.4. The molecule has 1 aliphatic heterocycles. The van der Waals surface area contributed by atoms with Gasteiger partial charge in [-0.15, -0.1) is 0 Å². The number of halogens is 1. The van der Waals surface area contributed by atoms with Gasteiger partial charge in [-0.05, 0) is 25.5 Å². The van der Waals surface area contributed by atoms with Crippen LogP contribution in [0.3, 0.4) is 0 Å². The molecule has 0 bridgehead atoms. The molecule has 0 spiro atoms. The normalized spacial score (nSPS) is 15.2. The van der Waals surface area contributed by atoms with Gasteiger partial charge in [0, 0.05) is 53.7 Å². The van der Waals surface area contributed by atoms with Crippen molar-refractivity contribution in [1.82, 2.24) is 34.8 Å². The molecule has 0 saturated carbocycles. The second-order valence-electron chi connectivity index (χ2n) is 8.60. The fourth-order valence-corrected chi connectivity index (χ4v) is 4.50. The van der Waals surface area contributed by atoms with Crippen LogP contribution in [-0.2, 0) is 4.74 Å². The quantitative estimate of drug-likeness (QED) is 0.324. The van der Waals surface area contributed by atoms with Crippen LogP contribution in [0.5, 0.6) is 5.75 Å². The fourth-order valence-electron chi connectivity index (χ4n) is 4.29. The molecule has 1 fully saturated rings. The third kappa shape index (κ3) is 5.03. The van der Waals surface area contributed by atoms with Crippen molar-refractivity contribution >= 4 is 34.5 Å². The van der Waals surface area contributed by atoms with Gasteiger partial charge in [-0.2, -0.15) is 0 Å². The molecule has 1 aromatic carbocycles. The summed E-state index contributed by atoms with van der Waals surface area (Å²) in [7, 11) is 0. The standard InChI is InChI=1S/C24H28ClN9O2/c1-14-18(25)9-17(15(2)33-23-20-22(30-12-29-20)31-13-32-23)21(19(14)16-10-27-24(26)28-11-16)36-8-5-34-3-6-35-7-4-34/h9-13,15H,3-8H2,1-2H3,(H2,26,27,28)(H2,29,30,31,32,33). The second kappa shape index (κ2) is 10.6. The van der Waals surface area contributed by atoms with Crippen molar-refractivity contribution in [3.8, 4) is 16.9 Å². The lowest BCUT2D eigenvalue weighted by atomic mass is 9.95. The number of hydrogen-bond donors (Lipinski definition) is 3. The number of aromatic nitrogens is 6. The van der Waals surface area contributed by atoms with E-state index in [2.05, 4.69) is 40.1 Å². The van der Waals surface area contributed by atoms with E-state index in [1.54, 1.807) is 18.7 Å². The zero-order chi connectivity index (χ0) is 25.1. The zero-order valence-electron chi connectivity index (χ0n) is 20.2. The lowest BCUT2D eigenvalue weighted by molar-refractivity contribution is 0.0322. The highest BCUT2D eigenvalue weighted by atomic mass is 35.5. The molecule has 1 aliphatic rings. The van der Waals surface area contributed by atoms with Crippen LogP contribution in [0, 0.1) is 6.92 Å². The lowest BCUT2D eigenvalue weighted by Crippen LogP contribution is -2.38. The van der Waals surface area contributed by atoms with Crippen LogP contribution >= 0.6 is 11.6 Å². The first-order valence-corrected chi connectivity index (χ1v) is 12.1. The van der Waals surface area contributed by atoms with Crippen molar-refractivity contribution < 1.29 is 9.47 Å². The van der Waals surface area contributed by atoms with Gasteiger partial charge < -0.3 is 25.5 Å². The number of fused-ring (bicyclic) bond motifs is 1. The topological polar surface area (TPSA) is 140 Å². The summed E-state index contributed by atoms with van der Waals surface area (Å²) in [6.45, 7) is 8.52. The molecule has 4 heterocycles. The first kappa shape index (κ1) is 24.2. The van der Waals surface area contributed by atoms with E-state index >= 15 is 0 Å². The smallest absolute Gasteiger partial charge is 0.219 e. The number of morpholine rings is 1. The third-order valence-electron chi connectivity index (χ3n) is 6.26. The molecule has 188 valence electrons. The summed E-state index contributed by atoms with van der Waals surface area (Å²) in [6.07, 6.45) is 6.47. The van der Waals surface area contributed by atoms with Crippen molar-refractivity contribution in [2.24, 2.45) is 0 Å². The number of nitrogen functional groups attached to an aromatic ring is 1. The van der Waals surface area contributed by atoms with Crippen molar-refractivity contribution in [3.63, 3.8) is 0 Å². The Morgan fingerprint density at radius 2 is 1.97 bits per heavy atom. The van der Waals surface area contributed by atoms with Crippen molar-refractivity contribution in [2.45, 2.75) is 19.9 Å². The molecule has 0 amide bonds. The maximum atomic E-state index is 6.74. The molecule has 1 atom stereocenters. The Hall–Kier alpha value is -3.54. The van der Waals surface area contributed by atoms with E-state index in [1.165, 1.54) is 6.33 Å². The van der Waals surface area contributed by atoms with E-state index < -0.39 is 0 Å². The summed E-state index contributed by atoms with van der Waals surface area (Å²) < 4.78 is 12.0. The van der Waals surface area contributed by atoms with Gasteiger partial charge in [0.25, 0.3) is 0 Å². The van der Waals surface area contributed by atoms with Gasteiger partial charge in [0.05, 0.1) is 25.6 Å². The van der Waals surface area contributed by atoms with Gasteiger partial charge in [0.1, 0.15) is 24.2 Å². The highest BCUT2D eigenvalue weighted by molar-refractivity contribution is 6.32. The molecule has 1 saturated heterocycles. The van der Waals surface area contributed by atoms with Crippen LogP contribution in [0.1, 0.15) is 24.1 Å². The number of imidazole rings is 1. The molecule has 11 nitrogen and oxygen atoms in total. The van der Waals surface area contributed by atoms with Gasteiger partial charge in [0.15, 0.2) is 11.5 Å². The van der Waals surface area contributed by atoms with Crippen molar-refractivity contribution in [3.05, 3.63) is 47.3 Å². The number of hydrogen-bond acceptors (Lipinski definition) is 10. The van der Waals surface area contributed by atoms with E-state index in [0.717, 1.165) is 55.1 Å². The second-order valence-corrected chi connectivity index (χ2v) is 9.00. The number of nitrogens with zero attached hydrogens (tertiary/aromatic N) is 6. The molecular formula is C24H28ClN9O2. The monoisotopic (exact) mass is 509 g/mol. The minimum Gasteiger partial charge on any atom is -0.491 e. The van der Waals surface area contributed by atoms with Gasteiger partial charge in [0.2, 0.25) is 5.95 Å². The summed E-state index contributed by atoms with van der Waals surface area (Å²) >= 11 is 6.74. The number of rotatable bonds is 8. The average molecular weight is 510 g/mol. The summed E-state index contributed by atoms with van der Waals surface area (Å²) in [5.74, 6) is 1.53. The molecule has 1 unspecified atom stereocenters. The average Bonchev–Trinajstić information content (AvgIpc) is 3.37. The molecule has 4 aromatic rings. The Morgan fingerprint density at radius 1 is 1.19 bits per heavy atom. The highest BCUT2D eigenvalue weighted by Crippen LogP contribution is 2.43. The van der Waals surface area contributed by atoms with Gasteiger partial charge in [-0.3, -0.25) is 4.90 Å². The molecule has 0 aliphatic carbocycles. The number of ether oxygens (including phenoxy) is 2. The molecule has 36 heavy (non-hydrogen) atoms. The Morgan fingerprint density at radius 3 is 2.75 bits per heavy atom. The summed E-state index contributed by atoms with van der Waals surface area (Å²) in [5, 5.41) is 4.06. The Kier molecular flexibility index (Phi) is 7.12. The largest absolute Gasteiger partial charge is 0.491 e. The number of aromatic amines is 1. The predicted octanol–water partition coefficient (Wildman–Crippen LogP) is 3.24. The van der Waals surface area contributed by atoms with Crippen LogP contribution < -0.4 is 15.8 Å². The molecule has 0 radical (unpaired) electrons. The Bertz CT molecular complexity index is 1340. The van der Waals surface area contributed by atoms with E-state index in [4.69, 9.17) is 26.8 Å². The minimum absolute atomic E-state index is 0.204. The molecular weight excluding hydrogens is 482 g/mol. The molecule has 5 rings (SSSR count). The fraction of sp³-hybridized carbons (Fsp3) is 0.375. The van der Waals surface area contributed by atoms with Gasteiger partial charge >= 0.3 is 0 Å². The van der Waals surface area contributed by atoms with Crippen LogP contribution in [0.2, 0.25) is 5.02 Å². The van der Waals surface area contributed by atoms with E-state index in [1.807, 2.05) is 19.9 Å². The highest BCUT2D eigenvalue weighted by Gasteiger charge is 2.23. The van der Waals surface area contributed by atoms with Crippen LogP contribution in [0.4, 0.5) is 11.8 Å². The summed E-state index contributed by atoms with van der Waals surface area (Å²) in [6, 6.07) is 1.72. The number of nitrogens with two attached hydrogens (primary N) is 1. The third-order valence-corrected chi connectivity index (χ3v) is 6.65. The van der Waals surface area contributed by atoms with E-state index in [-0.39, 0.29) is 12.0 Å². The maximum absolute atomic E-state index is 6.74. The van der Waals surface area contributed by atoms with E-state index in [0.29, 0.717) is 34.4 Å². The summed E-state index contributed by atoms with van der Waals surface area (Å²) in [4.78, 5) is 26.7. The minimum atomic E-state index is -0.218.